The molecule has 0 spiro atoms. The zero-order valence-corrected chi connectivity index (χ0v) is 18.7. The second-order valence-electron chi connectivity index (χ2n) is 7.22. The summed E-state index contributed by atoms with van der Waals surface area (Å²) in [6.45, 7) is 3.53. The molecule has 2 heterocycles. The molecule has 0 saturated carbocycles. The Labute approximate surface area is 194 Å². The van der Waals surface area contributed by atoms with Crippen LogP contribution in [0.5, 0.6) is 0 Å². The largest absolute Gasteiger partial charge is 0.325 e. The number of carbonyl (C=O) groups excluding carboxylic acids is 1. The minimum absolute atomic E-state index is 0.0823. The molecule has 9 nitrogen and oxygen atoms in total. The number of nitro benzene ring substituents is 1. The number of nitrogens with one attached hydrogen (secondary N) is 1. The third kappa shape index (κ3) is 4.90. The quantitative estimate of drug-likeness (QED) is 0.242. The van der Waals surface area contributed by atoms with E-state index in [4.69, 9.17) is 0 Å². The predicted octanol–water partition coefficient (Wildman–Crippen LogP) is 4.67. The van der Waals surface area contributed by atoms with Crippen LogP contribution in [0.4, 0.5) is 11.4 Å². The van der Waals surface area contributed by atoms with E-state index in [0.29, 0.717) is 16.7 Å². The van der Waals surface area contributed by atoms with Gasteiger partial charge in [-0.15, -0.1) is 10.2 Å². The van der Waals surface area contributed by atoms with Crippen LogP contribution in [-0.4, -0.2) is 35.8 Å². The molecule has 0 aliphatic rings. The lowest BCUT2D eigenvalue weighted by atomic mass is 10.2. The highest BCUT2D eigenvalue weighted by Crippen LogP contribution is 2.31. The van der Waals surface area contributed by atoms with Crippen molar-refractivity contribution in [3.63, 3.8) is 0 Å². The number of aromatic nitrogens is 4. The number of rotatable bonds is 7. The third-order valence-electron chi connectivity index (χ3n) is 4.91. The van der Waals surface area contributed by atoms with Crippen LogP contribution in [0.25, 0.3) is 17.1 Å². The Morgan fingerprint density at radius 3 is 2.61 bits per heavy atom. The average molecular weight is 461 g/mol. The van der Waals surface area contributed by atoms with Crippen LogP contribution < -0.4 is 5.32 Å². The van der Waals surface area contributed by atoms with Gasteiger partial charge in [-0.3, -0.25) is 24.5 Å². The Bertz CT molecular complexity index is 1290. The fourth-order valence-electron chi connectivity index (χ4n) is 3.14. The Hall–Kier alpha value is -4.05. The minimum atomic E-state index is -0.544. The van der Waals surface area contributed by atoms with Gasteiger partial charge >= 0.3 is 0 Å². The molecule has 0 fully saturated rings. The van der Waals surface area contributed by atoms with Crippen LogP contribution in [0, 0.1) is 17.0 Å². The van der Waals surface area contributed by atoms with Crippen LogP contribution in [-0.2, 0) is 4.79 Å². The highest BCUT2D eigenvalue weighted by molar-refractivity contribution is 8.00. The highest BCUT2D eigenvalue weighted by Gasteiger charge is 2.23. The number of hydrogen-bond acceptors (Lipinski definition) is 7. The van der Waals surface area contributed by atoms with Crippen molar-refractivity contribution in [2.24, 2.45) is 0 Å². The van der Waals surface area contributed by atoms with Crippen LogP contribution in [0.2, 0.25) is 0 Å². The summed E-state index contributed by atoms with van der Waals surface area (Å²) in [6.07, 6.45) is 3.39. The van der Waals surface area contributed by atoms with Crippen LogP contribution in [0.15, 0.2) is 78.2 Å². The van der Waals surface area contributed by atoms with Gasteiger partial charge in [0.25, 0.3) is 5.69 Å². The van der Waals surface area contributed by atoms with Gasteiger partial charge in [-0.1, -0.05) is 36.0 Å². The monoisotopic (exact) mass is 460 g/mol. The summed E-state index contributed by atoms with van der Waals surface area (Å²) in [4.78, 5) is 27.7. The zero-order valence-electron chi connectivity index (χ0n) is 17.9. The van der Waals surface area contributed by atoms with Gasteiger partial charge in [0.05, 0.1) is 15.9 Å². The fraction of sp³-hybridized carbons (Fsp3) is 0.130. The molecule has 0 radical (unpaired) electrons. The lowest BCUT2D eigenvalue weighted by molar-refractivity contribution is -0.384. The molecular formula is C23H20N6O3S. The average Bonchev–Trinajstić information content (AvgIpc) is 3.24. The Morgan fingerprint density at radius 1 is 1.12 bits per heavy atom. The van der Waals surface area contributed by atoms with Crippen LogP contribution in [0.1, 0.15) is 12.5 Å². The van der Waals surface area contributed by atoms with E-state index < -0.39 is 10.2 Å². The van der Waals surface area contributed by atoms with E-state index >= 15 is 0 Å². The first-order valence-corrected chi connectivity index (χ1v) is 11.0. The maximum Gasteiger partial charge on any atom is 0.271 e. The maximum absolute atomic E-state index is 12.9. The molecule has 33 heavy (non-hydrogen) atoms. The number of nitrogens with zero attached hydrogens (tertiary/aromatic N) is 5. The van der Waals surface area contributed by atoms with Gasteiger partial charge in [0.2, 0.25) is 5.91 Å². The van der Waals surface area contributed by atoms with E-state index in [1.54, 1.807) is 32.3 Å². The van der Waals surface area contributed by atoms with Gasteiger partial charge in [-0.05, 0) is 43.7 Å². The summed E-state index contributed by atoms with van der Waals surface area (Å²) in [6, 6.07) is 17.7. The first-order valence-electron chi connectivity index (χ1n) is 10.1. The molecule has 1 unspecified atom stereocenters. The van der Waals surface area contributed by atoms with Crippen molar-refractivity contribution in [3.05, 3.63) is 88.7 Å². The predicted molar refractivity (Wildman–Crippen MR) is 126 cm³/mol. The minimum Gasteiger partial charge on any atom is -0.325 e. The van der Waals surface area contributed by atoms with Gasteiger partial charge < -0.3 is 5.32 Å². The second kappa shape index (κ2) is 9.61. The number of anilines is 1. The van der Waals surface area contributed by atoms with Crippen molar-refractivity contribution in [1.82, 2.24) is 19.7 Å². The van der Waals surface area contributed by atoms with Crippen LogP contribution in [0.3, 0.4) is 0 Å². The Morgan fingerprint density at radius 2 is 1.91 bits per heavy atom. The molecule has 2 aromatic heterocycles. The maximum atomic E-state index is 12.9. The Balaban J connectivity index is 1.61. The molecule has 1 atom stereocenters. The summed E-state index contributed by atoms with van der Waals surface area (Å²) in [7, 11) is 0. The molecule has 10 heteroatoms. The summed E-state index contributed by atoms with van der Waals surface area (Å²) in [5, 5.41) is 22.6. The number of carbonyl (C=O) groups is 1. The van der Waals surface area contributed by atoms with Gasteiger partial charge in [0.1, 0.15) is 0 Å². The summed E-state index contributed by atoms with van der Waals surface area (Å²) < 4.78 is 1.88. The highest BCUT2D eigenvalue weighted by atomic mass is 32.2. The number of para-hydroxylation sites is 1. The summed E-state index contributed by atoms with van der Waals surface area (Å²) in [5.41, 5.74) is 2.71. The molecule has 1 N–H and O–H groups in total. The van der Waals surface area contributed by atoms with Gasteiger partial charge in [-0.25, -0.2) is 0 Å². The molecule has 0 saturated heterocycles. The number of pyridine rings is 1. The molecule has 4 aromatic rings. The molecule has 1 amide bonds. The number of benzene rings is 2. The number of hydrogen-bond donors (Lipinski definition) is 1. The van der Waals surface area contributed by atoms with Gasteiger partial charge in [0, 0.05) is 35.8 Å². The molecule has 4 rings (SSSR count). The number of nitro groups is 1. The van der Waals surface area contributed by atoms with Crippen LogP contribution >= 0.6 is 11.8 Å². The standard InChI is InChI=1S/C23H20N6O3S/c1-15-10-11-19(29(31)32)13-20(15)25-22(30)16(2)33-23-27-26-21(17-7-6-12-24-14-17)28(23)18-8-4-3-5-9-18/h3-14,16H,1-2H3,(H,25,30). The number of aryl methyl sites for hydroxylation is 1. The van der Waals surface area contributed by atoms with E-state index in [0.717, 1.165) is 16.8 Å². The van der Waals surface area contributed by atoms with Crippen molar-refractivity contribution in [2.45, 2.75) is 24.3 Å². The normalized spacial score (nSPS) is 11.7. The molecule has 2 aromatic carbocycles. The lowest BCUT2D eigenvalue weighted by Crippen LogP contribution is -2.23. The first kappa shape index (κ1) is 22.2. The van der Waals surface area contributed by atoms with E-state index in [1.165, 1.54) is 23.9 Å². The smallest absolute Gasteiger partial charge is 0.271 e. The van der Waals surface area contributed by atoms with E-state index in [-0.39, 0.29) is 11.6 Å². The number of thioether (sulfide) groups is 1. The fourth-order valence-corrected chi connectivity index (χ4v) is 4.01. The van der Waals surface area contributed by atoms with E-state index in [2.05, 4.69) is 20.5 Å². The van der Waals surface area contributed by atoms with Gasteiger partial charge in [-0.2, -0.15) is 0 Å². The SMILES string of the molecule is Cc1ccc([N+](=O)[O-])cc1NC(=O)C(C)Sc1nnc(-c2cccnc2)n1-c1ccccc1. The number of non-ortho nitro benzene ring substituents is 1. The third-order valence-corrected chi connectivity index (χ3v) is 5.95. The number of amides is 1. The molecular weight excluding hydrogens is 440 g/mol. The van der Waals surface area contributed by atoms with Crippen molar-refractivity contribution in [1.29, 1.82) is 0 Å². The van der Waals surface area contributed by atoms with Crippen molar-refractivity contribution in [3.8, 4) is 17.1 Å². The Kier molecular flexibility index (Phi) is 6.45. The van der Waals surface area contributed by atoms with Crippen molar-refractivity contribution in [2.75, 3.05) is 5.32 Å². The van der Waals surface area contributed by atoms with Crippen molar-refractivity contribution < 1.29 is 9.72 Å². The van der Waals surface area contributed by atoms with E-state index in [1.807, 2.05) is 47.0 Å². The lowest BCUT2D eigenvalue weighted by Gasteiger charge is -2.15. The summed E-state index contributed by atoms with van der Waals surface area (Å²) in [5.74, 6) is 0.313. The first-order chi connectivity index (χ1) is 15.9. The zero-order chi connectivity index (χ0) is 23.4. The van der Waals surface area contributed by atoms with Crippen molar-refractivity contribution >= 4 is 29.0 Å². The molecule has 0 bridgehead atoms. The second-order valence-corrected chi connectivity index (χ2v) is 8.53. The molecule has 166 valence electrons. The topological polar surface area (TPSA) is 116 Å². The summed E-state index contributed by atoms with van der Waals surface area (Å²) >= 11 is 1.25. The van der Waals surface area contributed by atoms with E-state index in [9.17, 15) is 14.9 Å². The molecule has 0 aliphatic heterocycles. The molecule has 0 aliphatic carbocycles. The van der Waals surface area contributed by atoms with Gasteiger partial charge in [0.15, 0.2) is 11.0 Å².